The van der Waals surface area contributed by atoms with Crippen molar-refractivity contribution >= 4 is 30.3 Å². The van der Waals surface area contributed by atoms with Crippen molar-refractivity contribution < 1.29 is 38.5 Å². The minimum absolute atomic E-state index is 0.00273. The summed E-state index contributed by atoms with van der Waals surface area (Å²) in [4.78, 5) is 54.6. The highest BCUT2D eigenvalue weighted by atomic mass is 16.5. The summed E-state index contributed by atoms with van der Waals surface area (Å²) < 4.78 is 10.1. The standard InChI is InChI=1S/C30H39N5O7/c1-19(2)14-24(27(37)34-26(29(39)42-18-32-31)16-21-10-12-23(36)13-11-21)33-28(38)25(15-20(3)4)35-30(40)41-17-22-8-6-5-7-9-22/h5-13,18-20,24-26,36H,14-17H2,1-4H3,(H,33,38)(H,34,37)(H,35,40)/t24-,25-,26-/m0/s1. The monoisotopic (exact) mass is 581 g/mol. The van der Waals surface area contributed by atoms with Gasteiger partial charge in [-0.2, -0.15) is 0 Å². The number of nitrogens with zero attached hydrogens (tertiary/aromatic N) is 2. The van der Waals surface area contributed by atoms with Crippen molar-refractivity contribution in [2.24, 2.45) is 11.8 Å². The lowest BCUT2D eigenvalue weighted by Crippen LogP contribution is -2.56. The van der Waals surface area contributed by atoms with Gasteiger partial charge in [-0.1, -0.05) is 70.2 Å². The Morgan fingerprint density at radius 1 is 0.810 bits per heavy atom. The number of phenols is 1. The molecule has 2 aromatic rings. The zero-order chi connectivity index (χ0) is 31.1. The van der Waals surface area contributed by atoms with E-state index in [2.05, 4.69) is 20.7 Å². The van der Waals surface area contributed by atoms with Gasteiger partial charge in [-0.25, -0.2) is 9.59 Å². The fraction of sp³-hybridized carbons (Fsp3) is 0.433. The number of phenolic OH excluding ortho intramolecular Hbond substituents is 1. The van der Waals surface area contributed by atoms with Crippen LogP contribution in [0.2, 0.25) is 0 Å². The number of rotatable bonds is 15. The molecule has 12 heteroatoms. The molecule has 2 aromatic carbocycles. The molecule has 0 heterocycles. The van der Waals surface area contributed by atoms with Gasteiger partial charge in [0.25, 0.3) is 0 Å². The van der Waals surface area contributed by atoms with Crippen molar-refractivity contribution in [3.05, 3.63) is 71.3 Å². The van der Waals surface area contributed by atoms with Gasteiger partial charge >= 0.3 is 18.5 Å². The van der Waals surface area contributed by atoms with Crippen LogP contribution in [0.25, 0.3) is 5.53 Å². The highest BCUT2D eigenvalue weighted by Crippen LogP contribution is 2.14. The van der Waals surface area contributed by atoms with Crippen LogP contribution in [0.4, 0.5) is 4.79 Å². The second kappa shape index (κ2) is 17.2. The maximum atomic E-state index is 13.4. The third-order valence-corrected chi connectivity index (χ3v) is 6.06. The average molecular weight is 582 g/mol. The third-order valence-electron chi connectivity index (χ3n) is 6.06. The predicted octanol–water partition coefficient (Wildman–Crippen LogP) is 3.09. The van der Waals surface area contributed by atoms with Gasteiger partial charge in [0.05, 0.1) is 0 Å². The molecule has 2 rings (SSSR count). The number of esters is 1. The number of carbonyl (C=O) groups excluding carboxylic acids is 4. The predicted molar refractivity (Wildman–Crippen MR) is 154 cm³/mol. The van der Waals surface area contributed by atoms with E-state index in [1.807, 2.05) is 58.0 Å². The van der Waals surface area contributed by atoms with Gasteiger partial charge in [0.15, 0.2) is 0 Å². The van der Waals surface area contributed by atoms with E-state index in [4.69, 9.17) is 15.0 Å². The summed E-state index contributed by atoms with van der Waals surface area (Å²) in [6, 6.07) is 11.9. The Labute approximate surface area is 245 Å². The highest BCUT2D eigenvalue weighted by molar-refractivity contribution is 5.93. The van der Waals surface area contributed by atoms with Gasteiger partial charge in [-0.15, -0.1) is 4.79 Å². The van der Waals surface area contributed by atoms with Gasteiger partial charge in [0, 0.05) is 6.42 Å². The Balaban J connectivity index is 2.16. The Morgan fingerprint density at radius 3 is 1.90 bits per heavy atom. The largest absolute Gasteiger partial charge is 0.508 e. The average Bonchev–Trinajstić information content (AvgIpc) is 2.94. The number of carbonyl (C=O) groups is 4. The summed E-state index contributed by atoms with van der Waals surface area (Å²) in [5.74, 6) is -2.07. The summed E-state index contributed by atoms with van der Waals surface area (Å²) in [6.45, 7) is 7.56. The van der Waals surface area contributed by atoms with Crippen LogP contribution in [0.15, 0.2) is 54.6 Å². The Bertz CT molecular complexity index is 1230. The SMILES string of the molecule is CC(C)C[C@H](NC(=O)OCc1ccccc1)C(=O)N[C@@H](CC(C)C)C(=O)N[C@@H](Cc1ccc(O)cc1)C(=O)OC=[N+]=[N-]. The fourth-order valence-electron chi connectivity index (χ4n) is 4.08. The molecule has 12 nitrogen and oxygen atoms in total. The molecule has 226 valence electrons. The first-order valence-corrected chi connectivity index (χ1v) is 13.7. The Morgan fingerprint density at radius 2 is 1.36 bits per heavy atom. The van der Waals surface area contributed by atoms with E-state index in [1.54, 1.807) is 12.1 Å². The number of nitrogens with one attached hydrogen (secondary N) is 3. The number of alkyl carbamates (subject to hydrolysis) is 1. The van der Waals surface area contributed by atoms with Gasteiger partial charge in [0.1, 0.15) is 30.5 Å². The van der Waals surface area contributed by atoms with Crippen molar-refractivity contribution in [2.75, 3.05) is 0 Å². The van der Waals surface area contributed by atoms with E-state index in [-0.39, 0.29) is 37.0 Å². The molecular formula is C30H39N5O7. The van der Waals surface area contributed by atoms with E-state index < -0.39 is 42.0 Å². The molecule has 0 aromatic heterocycles. The number of aromatic hydroxyl groups is 1. The van der Waals surface area contributed by atoms with Crippen LogP contribution in [0, 0.1) is 11.8 Å². The lowest BCUT2D eigenvalue weighted by atomic mass is 9.99. The van der Waals surface area contributed by atoms with Crippen molar-refractivity contribution in [1.29, 1.82) is 0 Å². The van der Waals surface area contributed by atoms with Crippen LogP contribution < -0.4 is 16.0 Å². The maximum Gasteiger partial charge on any atom is 0.446 e. The molecule has 3 amide bonds. The number of hydrogen-bond acceptors (Lipinski definition) is 7. The second-order valence-corrected chi connectivity index (χ2v) is 10.7. The molecule has 0 aliphatic rings. The lowest BCUT2D eigenvalue weighted by molar-refractivity contribution is -0.143. The van der Waals surface area contributed by atoms with Gasteiger partial charge in [-0.3, -0.25) is 9.59 Å². The normalized spacial score (nSPS) is 12.8. The molecule has 0 aliphatic carbocycles. The first-order chi connectivity index (χ1) is 20.0. The summed E-state index contributed by atoms with van der Waals surface area (Å²) in [7, 11) is 0. The molecule has 0 aliphatic heterocycles. The van der Waals surface area contributed by atoms with Crippen LogP contribution in [0.3, 0.4) is 0 Å². The Kier molecular flexibility index (Phi) is 13.7. The lowest BCUT2D eigenvalue weighted by Gasteiger charge is -2.26. The Hall–Kier alpha value is -4.70. The molecule has 4 N–H and O–H groups in total. The summed E-state index contributed by atoms with van der Waals surface area (Å²) in [5, 5.41) is 17.5. The molecule has 0 radical (unpaired) electrons. The second-order valence-electron chi connectivity index (χ2n) is 10.7. The molecule has 0 spiro atoms. The summed E-state index contributed by atoms with van der Waals surface area (Å²) in [5.41, 5.74) is 10.0. The van der Waals surface area contributed by atoms with Crippen molar-refractivity contribution in [3.8, 4) is 5.75 Å². The first kappa shape index (κ1) is 33.5. The molecule has 0 bridgehead atoms. The number of amides is 3. The topological polar surface area (TPSA) is 179 Å². The minimum Gasteiger partial charge on any atom is -0.508 e. The molecule has 0 saturated heterocycles. The third kappa shape index (κ3) is 12.2. The number of benzene rings is 2. The quantitative estimate of drug-likeness (QED) is 0.0820. The van der Waals surface area contributed by atoms with Crippen LogP contribution in [-0.2, 0) is 36.9 Å². The molecule has 3 atom stereocenters. The molecular weight excluding hydrogens is 542 g/mol. The first-order valence-electron chi connectivity index (χ1n) is 13.7. The van der Waals surface area contributed by atoms with Gasteiger partial charge in [0.2, 0.25) is 11.8 Å². The van der Waals surface area contributed by atoms with Crippen LogP contribution in [0.1, 0.15) is 51.7 Å². The van der Waals surface area contributed by atoms with Gasteiger partial charge in [-0.05, 0) is 47.9 Å². The van der Waals surface area contributed by atoms with Crippen molar-refractivity contribution in [3.63, 3.8) is 0 Å². The van der Waals surface area contributed by atoms with Crippen LogP contribution in [0.5, 0.6) is 5.75 Å². The minimum atomic E-state index is -1.20. The van der Waals surface area contributed by atoms with Gasteiger partial charge < -0.3 is 36.1 Å². The number of ether oxygens (including phenoxy) is 2. The van der Waals surface area contributed by atoms with E-state index in [9.17, 15) is 24.3 Å². The van der Waals surface area contributed by atoms with E-state index in [1.165, 1.54) is 12.1 Å². The van der Waals surface area contributed by atoms with Crippen LogP contribution >= 0.6 is 0 Å². The van der Waals surface area contributed by atoms with E-state index >= 15 is 0 Å². The fourth-order valence-corrected chi connectivity index (χ4v) is 4.08. The summed E-state index contributed by atoms with van der Waals surface area (Å²) in [6.07, 6.45) is 0.288. The van der Waals surface area contributed by atoms with Crippen molar-refractivity contribution in [1.82, 2.24) is 16.0 Å². The van der Waals surface area contributed by atoms with Crippen molar-refractivity contribution in [2.45, 2.75) is 71.7 Å². The molecule has 0 fully saturated rings. The number of hydrogen-bond donors (Lipinski definition) is 4. The van der Waals surface area contributed by atoms with E-state index in [0.29, 0.717) is 18.4 Å². The zero-order valence-corrected chi connectivity index (χ0v) is 24.3. The molecule has 42 heavy (non-hydrogen) atoms. The van der Waals surface area contributed by atoms with Crippen LogP contribution in [-0.4, -0.2) is 58.3 Å². The maximum absolute atomic E-state index is 13.4. The zero-order valence-electron chi connectivity index (χ0n) is 24.3. The molecule has 0 unspecified atom stereocenters. The smallest absolute Gasteiger partial charge is 0.446 e. The highest BCUT2D eigenvalue weighted by Gasteiger charge is 2.31. The molecule has 0 saturated carbocycles. The van der Waals surface area contributed by atoms with E-state index in [0.717, 1.165) is 5.56 Å². The summed E-state index contributed by atoms with van der Waals surface area (Å²) >= 11 is 0.